The average Bonchev–Trinajstić information content (AvgIpc) is 3.23. The molecule has 0 unspecified atom stereocenters. The molecule has 0 aliphatic carbocycles. The van der Waals surface area contributed by atoms with E-state index in [2.05, 4.69) is 9.88 Å². The van der Waals surface area contributed by atoms with Gasteiger partial charge in [0.05, 0.1) is 25.0 Å². The third-order valence-corrected chi connectivity index (χ3v) is 4.90. The van der Waals surface area contributed by atoms with Gasteiger partial charge in [0.1, 0.15) is 11.9 Å². The number of hydrogen-bond acceptors (Lipinski definition) is 5. The third-order valence-electron chi connectivity index (χ3n) is 4.90. The molecule has 2 fully saturated rings. The van der Waals surface area contributed by atoms with Crippen LogP contribution in [0.2, 0.25) is 0 Å². The molecule has 2 saturated heterocycles. The fourth-order valence-corrected chi connectivity index (χ4v) is 3.58. The molecular weight excluding hydrogens is 311 g/mol. The molecule has 1 atom stereocenters. The summed E-state index contributed by atoms with van der Waals surface area (Å²) in [7, 11) is 0. The maximum absolute atomic E-state index is 13.7. The molecule has 1 spiro atoms. The van der Waals surface area contributed by atoms with Gasteiger partial charge in [-0.1, -0.05) is 0 Å². The molecule has 0 amide bonds. The van der Waals surface area contributed by atoms with Crippen molar-refractivity contribution in [1.29, 1.82) is 0 Å². The molecule has 0 radical (unpaired) electrons. The van der Waals surface area contributed by atoms with Crippen LogP contribution in [-0.4, -0.2) is 41.3 Å². The molecule has 24 heavy (non-hydrogen) atoms. The summed E-state index contributed by atoms with van der Waals surface area (Å²) >= 11 is 0. The van der Waals surface area contributed by atoms with Crippen molar-refractivity contribution in [2.75, 3.05) is 19.7 Å². The molecule has 4 rings (SSSR count). The standard InChI is InChI=1S/C18H21FN2O3/c19-16-4-1-7-20-17(16)24-15-11-18(23-13-15)5-8-21(9-6-18)12-14-3-2-10-22-14/h1-4,7,10,15H,5-6,8-9,11-13H2/t15-/m1/s1. The zero-order valence-corrected chi connectivity index (χ0v) is 13.5. The zero-order valence-electron chi connectivity index (χ0n) is 13.5. The van der Waals surface area contributed by atoms with E-state index in [1.807, 2.05) is 12.1 Å². The Kier molecular flexibility index (Phi) is 4.24. The summed E-state index contributed by atoms with van der Waals surface area (Å²) in [5, 5.41) is 0. The van der Waals surface area contributed by atoms with Gasteiger partial charge in [0.25, 0.3) is 5.88 Å². The summed E-state index contributed by atoms with van der Waals surface area (Å²) in [6, 6.07) is 6.84. The van der Waals surface area contributed by atoms with Gasteiger partial charge in [-0.2, -0.15) is 0 Å². The molecule has 0 bridgehead atoms. The predicted octanol–water partition coefficient (Wildman–Crippen LogP) is 3.02. The van der Waals surface area contributed by atoms with Crippen LogP contribution in [0.15, 0.2) is 41.1 Å². The molecule has 128 valence electrons. The maximum Gasteiger partial charge on any atom is 0.250 e. The van der Waals surface area contributed by atoms with Crippen molar-refractivity contribution in [3.8, 4) is 5.88 Å². The molecule has 0 N–H and O–H groups in total. The quantitative estimate of drug-likeness (QED) is 0.861. The lowest BCUT2D eigenvalue weighted by Crippen LogP contribution is -2.44. The third kappa shape index (κ3) is 3.30. The van der Waals surface area contributed by atoms with E-state index < -0.39 is 5.82 Å². The van der Waals surface area contributed by atoms with Gasteiger partial charge in [-0.15, -0.1) is 0 Å². The number of halogens is 1. The van der Waals surface area contributed by atoms with Crippen LogP contribution in [0.3, 0.4) is 0 Å². The Morgan fingerprint density at radius 2 is 2.17 bits per heavy atom. The molecule has 4 heterocycles. The number of furan rings is 1. The molecule has 2 aromatic rings. The first-order valence-electron chi connectivity index (χ1n) is 8.38. The van der Waals surface area contributed by atoms with Crippen molar-refractivity contribution < 1.29 is 18.3 Å². The molecule has 2 aliphatic heterocycles. The van der Waals surface area contributed by atoms with Crippen LogP contribution < -0.4 is 4.74 Å². The summed E-state index contributed by atoms with van der Waals surface area (Å²) in [5.41, 5.74) is -0.143. The number of pyridine rings is 1. The first-order chi connectivity index (χ1) is 11.7. The van der Waals surface area contributed by atoms with E-state index in [0.29, 0.717) is 6.61 Å². The van der Waals surface area contributed by atoms with E-state index in [1.165, 1.54) is 12.3 Å². The number of hydrogen-bond donors (Lipinski definition) is 0. The second-order valence-electron chi connectivity index (χ2n) is 6.58. The summed E-state index contributed by atoms with van der Waals surface area (Å²) in [6.07, 6.45) is 5.82. The highest BCUT2D eigenvalue weighted by Gasteiger charge is 2.43. The summed E-state index contributed by atoms with van der Waals surface area (Å²) in [5.74, 6) is 0.634. The highest BCUT2D eigenvalue weighted by molar-refractivity contribution is 5.13. The molecule has 0 saturated carbocycles. The van der Waals surface area contributed by atoms with Crippen LogP contribution in [0.4, 0.5) is 4.39 Å². The Morgan fingerprint density at radius 3 is 2.92 bits per heavy atom. The van der Waals surface area contributed by atoms with Gasteiger partial charge in [0.15, 0.2) is 5.82 Å². The average molecular weight is 332 g/mol. The number of piperidine rings is 1. The molecule has 2 aliphatic rings. The lowest BCUT2D eigenvalue weighted by atomic mass is 9.88. The second kappa shape index (κ2) is 6.53. The highest BCUT2D eigenvalue weighted by atomic mass is 19.1. The van der Waals surface area contributed by atoms with E-state index in [0.717, 1.165) is 44.7 Å². The van der Waals surface area contributed by atoms with Gasteiger partial charge in [-0.3, -0.25) is 4.90 Å². The first-order valence-corrected chi connectivity index (χ1v) is 8.38. The van der Waals surface area contributed by atoms with E-state index in [1.54, 1.807) is 12.3 Å². The van der Waals surface area contributed by atoms with Crippen LogP contribution in [0.1, 0.15) is 25.0 Å². The van der Waals surface area contributed by atoms with Gasteiger partial charge >= 0.3 is 0 Å². The predicted molar refractivity (Wildman–Crippen MR) is 85.1 cm³/mol. The second-order valence-corrected chi connectivity index (χ2v) is 6.58. The van der Waals surface area contributed by atoms with E-state index >= 15 is 0 Å². The Morgan fingerprint density at radius 1 is 1.29 bits per heavy atom. The van der Waals surface area contributed by atoms with Crippen LogP contribution in [-0.2, 0) is 11.3 Å². The Bertz CT molecular complexity index is 669. The van der Waals surface area contributed by atoms with Gasteiger partial charge in [0.2, 0.25) is 0 Å². The van der Waals surface area contributed by atoms with Gasteiger partial charge in [-0.25, -0.2) is 9.37 Å². The summed E-state index contributed by atoms with van der Waals surface area (Å²) < 4.78 is 30.8. The number of likely N-dealkylation sites (tertiary alicyclic amines) is 1. The van der Waals surface area contributed by atoms with Crippen molar-refractivity contribution in [2.45, 2.75) is 37.5 Å². The monoisotopic (exact) mass is 332 g/mol. The topological polar surface area (TPSA) is 47.7 Å². The lowest BCUT2D eigenvalue weighted by molar-refractivity contribution is -0.0463. The summed E-state index contributed by atoms with van der Waals surface area (Å²) in [4.78, 5) is 6.33. The van der Waals surface area contributed by atoms with Gasteiger partial charge in [0, 0.05) is 25.7 Å². The zero-order chi connectivity index (χ0) is 16.4. The fourth-order valence-electron chi connectivity index (χ4n) is 3.58. The van der Waals surface area contributed by atoms with Crippen molar-refractivity contribution in [1.82, 2.24) is 9.88 Å². The summed E-state index contributed by atoms with van der Waals surface area (Å²) in [6.45, 7) is 3.26. The highest BCUT2D eigenvalue weighted by Crippen LogP contribution is 2.37. The SMILES string of the molecule is Fc1cccnc1O[C@H]1COC2(CCN(Cc3ccco3)CC2)C1. The normalized spacial score (nSPS) is 23.6. The van der Waals surface area contributed by atoms with E-state index in [4.69, 9.17) is 13.9 Å². The molecule has 2 aromatic heterocycles. The van der Waals surface area contributed by atoms with Crippen LogP contribution in [0, 0.1) is 5.82 Å². The van der Waals surface area contributed by atoms with Crippen LogP contribution in [0.25, 0.3) is 0 Å². The van der Waals surface area contributed by atoms with Crippen LogP contribution in [0.5, 0.6) is 5.88 Å². The van der Waals surface area contributed by atoms with E-state index in [9.17, 15) is 4.39 Å². The molecular formula is C18H21FN2O3. The van der Waals surface area contributed by atoms with E-state index in [-0.39, 0.29) is 17.6 Å². The Hall–Kier alpha value is -1.92. The minimum absolute atomic E-state index is 0.0680. The number of aromatic nitrogens is 1. The molecule has 5 nitrogen and oxygen atoms in total. The van der Waals surface area contributed by atoms with Crippen molar-refractivity contribution in [2.24, 2.45) is 0 Å². The van der Waals surface area contributed by atoms with Gasteiger partial charge < -0.3 is 13.9 Å². The molecule has 6 heteroatoms. The minimum atomic E-state index is -0.424. The smallest absolute Gasteiger partial charge is 0.250 e. The molecule has 0 aromatic carbocycles. The van der Waals surface area contributed by atoms with Crippen molar-refractivity contribution >= 4 is 0 Å². The van der Waals surface area contributed by atoms with Crippen molar-refractivity contribution in [3.05, 3.63) is 48.3 Å². The Labute approximate surface area is 140 Å². The maximum atomic E-state index is 13.7. The largest absolute Gasteiger partial charge is 0.470 e. The van der Waals surface area contributed by atoms with Crippen LogP contribution >= 0.6 is 0 Å². The van der Waals surface area contributed by atoms with Gasteiger partial charge in [-0.05, 0) is 37.1 Å². The van der Waals surface area contributed by atoms with Crippen molar-refractivity contribution in [3.63, 3.8) is 0 Å². The number of rotatable bonds is 4. The number of ether oxygens (including phenoxy) is 2. The Balaban J connectivity index is 1.31. The first kappa shape index (κ1) is 15.6. The fraction of sp³-hybridized carbons (Fsp3) is 0.500. The lowest BCUT2D eigenvalue weighted by Gasteiger charge is -2.38. The number of nitrogens with zero attached hydrogens (tertiary/aromatic N) is 2. The minimum Gasteiger partial charge on any atom is -0.470 e.